The maximum atomic E-state index is 12.3. The Morgan fingerprint density at radius 2 is 2.00 bits per heavy atom. The van der Waals surface area contributed by atoms with E-state index in [0.29, 0.717) is 29.2 Å². The molecule has 2 aromatic rings. The van der Waals surface area contributed by atoms with Crippen LogP contribution in [0, 0.1) is 0 Å². The molecule has 0 aliphatic carbocycles. The fourth-order valence-corrected chi connectivity index (χ4v) is 3.12. The summed E-state index contributed by atoms with van der Waals surface area (Å²) in [5, 5.41) is 26.4. The molecule has 4 N–H and O–H groups in total. The zero-order valence-corrected chi connectivity index (χ0v) is 16.7. The average Bonchev–Trinajstić information content (AvgIpc) is 2.70. The van der Waals surface area contributed by atoms with Crippen LogP contribution < -0.4 is 15.4 Å². The Morgan fingerprint density at radius 3 is 2.72 bits per heavy atom. The molecular weight excluding hydrogens is 396 g/mol. The van der Waals surface area contributed by atoms with E-state index in [1.54, 1.807) is 36.4 Å². The number of fused-ring (bicyclic) bond motifs is 1. The van der Waals surface area contributed by atoms with Crippen LogP contribution in [0.15, 0.2) is 42.5 Å². The highest BCUT2D eigenvalue weighted by molar-refractivity contribution is 6.30. The number of amides is 2. The lowest BCUT2D eigenvalue weighted by Gasteiger charge is -2.24. The topological polar surface area (TPSA) is 108 Å². The Labute approximate surface area is 173 Å². The molecule has 1 aliphatic rings. The standard InChI is InChI=1S/C21H23ClN2O5/c1-21(28,14-3-5-15(22)6-4-14)20(27)23-11-16(25)12-29-17-7-8-18-13(10-17)2-9-19(26)24-18/h3-8,10,16,25,28H,2,9,11-12H2,1H3,(H,23,27)(H,24,26). The van der Waals surface area contributed by atoms with Crippen LogP contribution in [0.5, 0.6) is 5.75 Å². The molecule has 0 fully saturated rings. The molecule has 2 atom stereocenters. The van der Waals surface area contributed by atoms with Crippen LogP contribution in [0.25, 0.3) is 0 Å². The molecule has 1 aliphatic heterocycles. The Kier molecular flexibility index (Phi) is 6.42. The van der Waals surface area contributed by atoms with Gasteiger partial charge in [-0.25, -0.2) is 0 Å². The largest absolute Gasteiger partial charge is 0.491 e. The molecular formula is C21H23ClN2O5. The van der Waals surface area contributed by atoms with Gasteiger partial charge in [-0.15, -0.1) is 0 Å². The van der Waals surface area contributed by atoms with E-state index in [2.05, 4.69) is 10.6 Å². The minimum Gasteiger partial charge on any atom is -0.491 e. The highest BCUT2D eigenvalue weighted by Gasteiger charge is 2.32. The molecule has 0 spiro atoms. The van der Waals surface area contributed by atoms with Gasteiger partial charge >= 0.3 is 0 Å². The minimum atomic E-state index is -1.76. The molecule has 29 heavy (non-hydrogen) atoms. The fraction of sp³-hybridized carbons (Fsp3) is 0.333. The Balaban J connectivity index is 1.49. The van der Waals surface area contributed by atoms with Gasteiger partial charge < -0.3 is 25.6 Å². The van der Waals surface area contributed by atoms with Crippen molar-refractivity contribution in [3.05, 3.63) is 58.6 Å². The predicted octanol–water partition coefficient (Wildman–Crippen LogP) is 1.99. The molecule has 0 saturated heterocycles. The van der Waals surface area contributed by atoms with E-state index in [-0.39, 0.29) is 19.1 Å². The summed E-state index contributed by atoms with van der Waals surface area (Å²) in [6, 6.07) is 11.6. The van der Waals surface area contributed by atoms with Gasteiger partial charge in [0.1, 0.15) is 18.5 Å². The first kappa shape index (κ1) is 21.1. The molecule has 8 heteroatoms. The van der Waals surface area contributed by atoms with Crippen molar-refractivity contribution in [1.82, 2.24) is 5.32 Å². The molecule has 2 aromatic carbocycles. The van der Waals surface area contributed by atoms with Crippen molar-refractivity contribution in [3.63, 3.8) is 0 Å². The molecule has 154 valence electrons. The number of nitrogens with one attached hydrogen (secondary N) is 2. The summed E-state index contributed by atoms with van der Waals surface area (Å²) in [7, 11) is 0. The number of aliphatic hydroxyl groups is 2. The van der Waals surface area contributed by atoms with Crippen LogP contribution >= 0.6 is 11.6 Å². The van der Waals surface area contributed by atoms with Gasteiger partial charge in [-0.3, -0.25) is 9.59 Å². The predicted molar refractivity (Wildman–Crippen MR) is 109 cm³/mol. The Bertz CT molecular complexity index is 898. The van der Waals surface area contributed by atoms with Crippen molar-refractivity contribution < 1.29 is 24.5 Å². The van der Waals surface area contributed by atoms with Crippen LogP contribution in [-0.2, 0) is 21.6 Å². The lowest BCUT2D eigenvalue weighted by atomic mass is 9.95. The number of halogens is 1. The zero-order chi connectivity index (χ0) is 21.0. The monoisotopic (exact) mass is 418 g/mol. The van der Waals surface area contributed by atoms with Gasteiger partial charge in [0, 0.05) is 23.7 Å². The number of carbonyl (C=O) groups is 2. The molecule has 7 nitrogen and oxygen atoms in total. The number of anilines is 1. The van der Waals surface area contributed by atoms with E-state index in [1.807, 2.05) is 6.07 Å². The highest BCUT2D eigenvalue weighted by Crippen LogP contribution is 2.27. The summed E-state index contributed by atoms with van der Waals surface area (Å²) in [6.07, 6.45) is 0.103. The molecule has 2 unspecified atom stereocenters. The second-order valence-electron chi connectivity index (χ2n) is 7.12. The maximum absolute atomic E-state index is 12.3. The Hall–Kier alpha value is -2.61. The van der Waals surface area contributed by atoms with Gasteiger partial charge in [0.15, 0.2) is 5.60 Å². The number of benzene rings is 2. The normalized spacial score (nSPS) is 16.2. The summed E-state index contributed by atoms with van der Waals surface area (Å²) in [5.41, 5.74) is 0.384. The van der Waals surface area contributed by atoms with Crippen molar-refractivity contribution in [3.8, 4) is 5.75 Å². The van der Waals surface area contributed by atoms with Gasteiger partial charge in [-0.05, 0) is 54.8 Å². The van der Waals surface area contributed by atoms with Crippen LogP contribution in [0.1, 0.15) is 24.5 Å². The van der Waals surface area contributed by atoms with Crippen molar-refractivity contribution in [2.45, 2.75) is 31.5 Å². The van der Waals surface area contributed by atoms with Gasteiger partial charge in [-0.1, -0.05) is 23.7 Å². The highest BCUT2D eigenvalue weighted by atomic mass is 35.5. The van der Waals surface area contributed by atoms with E-state index in [1.165, 1.54) is 6.92 Å². The number of aliphatic hydroxyl groups excluding tert-OH is 1. The second-order valence-corrected chi connectivity index (χ2v) is 7.56. The number of hydrogen-bond acceptors (Lipinski definition) is 5. The Morgan fingerprint density at radius 1 is 1.28 bits per heavy atom. The quantitative estimate of drug-likeness (QED) is 0.550. The van der Waals surface area contributed by atoms with Crippen molar-refractivity contribution in [2.75, 3.05) is 18.5 Å². The van der Waals surface area contributed by atoms with Gasteiger partial charge in [-0.2, -0.15) is 0 Å². The summed E-state index contributed by atoms with van der Waals surface area (Å²) < 4.78 is 5.59. The number of hydrogen-bond donors (Lipinski definition) is 4. The second kappa shape index (κ2) is 8.82. The smallest absolute Gasteiger partial charge is 0.256 e. The van der Waals surface area contributed by atoms with Crippen LogP contribution in [0.4, 0.5) is 5.69 Å². The van der Waals surface area contributed by atoms with E-state index in [4.69, 9.17) is 16.3 Å². The first-order valence-electron chi connectivity index (χ1n) is 9.26. The van der Waals surface area contributed by atoms with Gasteiger partial charge in [0.2, 0.25) is 5.91 Å². The zero-order valence-electron chi connectivity index (χ0n) is 15.9. The van der Waals surface area contributed by atoms with Crippen LogP contribution in [0.3, 0.4) is 0 Å². The first-order chi connectivity index (χ1) is 13.8. The lowest BCUT2D eigenvalue weighted by Crippen LogP contribution is -2.45. The molecule has 3 rings (SSSR count). The van der Waals surface area contributed by atoms with Crippen LogP contribution in [-0.4, -0.2) is 41.3 Å². The van der Waals surface area contributed by atoms with E-state index >= 15 is 0 Å². The third-order valence-electron chi connectivity index (χ3n) is 4.76. The number of carbonyl (C=O) groups excluding carboxylic acids is 2. The summed E-state index contributed by atoms with van der Waals surface area (Å²) >= 11 is 5.83. The summed E-state index contributed by atoms with van der Waals surface area (Å²) in [6.45, 7) is 1.26. The lowest BCUT2D eigenvalue weighted by molar-refractivity contribution is -0.139. The van der Waals surface area contributed by atoms with Gasteiger partial charge in [0.25, 0.3) is 5.91 Å². The van der Waals surface area contributed by atoms with Crippen LogP contribution in [0.2, 0.25) is 5.02 Å². The first-order valence-corrected chi connectivity index (χ1v) is 9.64. The van der Waals surface area contributed by atoms with E-state index in [9.17, 15) is 19.8 Å². The van der Waals surface area contributed by atoms with E-state index in [0.717, 1.165) is 11.3 Å². The fourth-order valence-electron chi connectivity index (χ4n) is 2.99. The molecule has 1 heterocycles. The van der Waals surface area contributed by atoms with Crippen molar-refractivity contribution in [1.29, 1.82) is 0 Å². The summed E-state index contributed by atoms with van der Waals surface area (Å²) in [4.78, 5) is 23.7. The third kappa shape index (κ3) is 5.26. The van der Waals surface area contributed by atoms with Crippen molar-refractivity contribution in [2.24, 2.45) is 0 Å². The molecule has 2 amide bonds. The SMILES string of the molecule is CC(O)(C(=O)NCC(O)COc1ccc2c(c1)CCC(=O)N2)c1ccc(Cl)cc1. The summed E-state index contributed by atoms with van der Waals surface area (Å²) in [5.74, 6) is -0.0753. The minimum absolute atomic E-state index is 0.00758. The molecule has 0 radical (unpaired) electrons. The van der Waals surface area contributed by atoms with E-state index < -0.39 is 17.6 Å². The number of ether oxygens (including phenoxy) is 1. The molecule has 0 saturated carbocycles. The number of rotatable bonds is 7. The van der Waals surface area contributed by atoms with Crippen molar-refractivity contribution >= 4 is 29.1 Å². The molecule has 0 bridgehead atoms. The van der Waals surface area contributed by atoms with Gasteiger partial charge in [0.05, 0.1) is 0 Å². The molecule has 0 aromatic heterocycles. The maximum Gasteiger partial charge on any atom is 0.256 e. The number of aryl methyl sites for hydroxylation is 1. The third-order valence-corrected chi connectivity index (χ3v) is 5.01. The average molecular weight is 419 g/mol.